The van der Waals surface area contributed by atoms with Gasteiger partial charge in [0.15, 0.2) is 5.76 Å². The van der Waals surface area contributed by atoms with Crippen molar-refractivity contribution in [3.8, 4) is 0 Å². The highest BCUT2D eigenvalue weighted by Crippen LogP contribution is 2.31. The van der Waals surface area contributed by atoms with Crippen LogP contribution in [-0.4, -0.2) is 60.2 Å². The van der Waals surface area contributed by atoms with Crippen LogP contribution in [0, 0.1) is 13.8 Å². The Hall–Kier alpha value is -2.65. The third-order valence-corrected chi connectivity index (χ3v) is 5.77. The second-order valence-electron chi connectivity index (χ2n) is 6.45. The predicted molar refractivity (Wildman–Crippen MR) is 102 cm³/mol. The molecule has 0 radical (unpaired) electrons. The lowest BCUT2D eigenvalue weighted by atomic mass is 10.1. The number of anilines is 1. The van der Waals surface area contributed by atoms with E-state index in [4.69, 9.17) is 10.2 Å². The standard InChI is InChI=1S/C18H22N4O4S/c1-11-12(2)27-17(15(11)16(19)24)20-14(23)10-21-5-7-22(8-6-21)18(25)13-4-3-9-26-13/h3-4,9H,5-8,10H2,1-2H3,(H2,19,24)(H,20,23). The predicted octanol–water partition coefficient (Wildman–Crippen LogP) is 1.45. The van der Waals surface area contributed by atoms with E-state index in [0.29, 0.717) is 42.5 Å². The first-order valence-electron chi connectivity index (χ1n) is 8.61. The van der Waals surface area contributed by atoms with Crippen LogP contribution in [0.2, 0.25) is 0 Å². The number of hydrogen-bond donors (Lipinski definition) is 2. The molecule has 0 unspecified atom stereocenters. The number of nitrogens with zero attached hydrogens (tertiary/aromatic N) is 2. The van der Waals surface area contributed by atoms with E-state index >= 15 is 0 Å². The van der Waals surface area contributed by atoms with Gasteiger partial charge in [-0.15, -0.1) is 11.3 Å². The van der Waals surface area contributed by atoms with E-state index in [1.54, 1.807) is 17.0 Å². The van der Waals surface area contributed by atoms with E-state index in [0.717, 1.165) is 10.4 Å². The minimum atomic E-state index is -0.544. The fraction of sp³-hybridized carbons (Fsp3) is 0.389. The van der Waals surface area contributed by atoms with Gasteiger partial charge in [0.05, 0.1) is 18.4 Å². The maximum Gasteiger partial charge on any atom is 0.289 e. The highest BCUT2D eigenvalue weighted by Gasteiger charge is 2.25. The normalized spacial score (nSPS) is 15.0. The van der Waals surface area contributed by atoms with Crippen molar-refractivity contribution in [1.29, 1.82) is 0 Å². The molecule has 1 aliphatic heterocycles. The molecule has 0 aromatic carbocycles. The van der Waals surface area contributed by atoms with Crippen molar-refractivity contribution in [3.05, 3.63) is 40.2 Å². The molecule has 8 nitrogen and oxygen atoms in total. The quantitative estimate of drug-likeness (QED) is 0.803. The number of primary amides is 1. The first kappa shape index (κ1) is 19.1. The van der Waals surface area contributed by atoms with Crippen LogP contribution in [0.4, 0.5) is 5.00 Å². The van der Waals surface area contributed by atoms with Gasteiger partial charge in [-0.3, -0.25) is 19.3 Å². The third kappa shape index (κ3) is 4.20. The first-order valence-corrected chi connectivity index (χ1v) is 9.43. The number of nitrogens with two attached hydrogens (primary N) is 1. The number of carbonyl (C=O) groups excluding carboxylic acids is 3. The average molecular weight is 390 g/mol. The van der Waals surface area contributed by atoms with E-state index in [1.807, 2.05) is 18.7 Å². The molecule has 9 heteroatoms. The Morgan fingerprint density at radius 2 is 1.93 bits per heavy atom. The molecule has 1 aliphatic rings. The van der Waals surface area contributed by atoms with Crippen LogP contribution in [0.1, 0.15) is 31.4 Å². The summed E-state index contributed by atoms with van der Waals surface area (Å²) in [6.07, 6.45) is 1.47. The van der Waals surface area contributed by atoms with Crippen molar-refractivity contribution in [1.82, 2.24) is 9.80 Å². The fourth-order valence-corrected chi connectivity index (χ4v) is 4.13. The van der Waals surface area contributed by atoms with Crippen LogP contribution in [0.3, 0.4) is 0 Å². The molecule has 0 spiro atoms. The van der Waals surface area contributed by atoms with E-state index in [9.17, 15) is 14.4 Å². The zero-order valence-electron chi connectivity index (χ0n) is 15.3. The third-order valence-electron chi connectivity index (χ3n) is 4.64. The minimum absolute atomic E-state index is 0.139. The monoisotopic (exact) mass is 390 g/mol. The molecule has 144 valence electrons. The summed E-state index contributed by atoms with van der Waals surface area (Å²) in [5.41, 5.74) is 6.61. The Balaban J connectivity index is 1.54. The molecular weight excluding hydrogens is 368 g/mol. The molecule has 0 bridgehead atoms. The Morgan fingerprint density at radius 1 is 1.22 bits per heavy atom. The second-order valence-corrected chi connectivity index (χ2v) is 7.67. The van der Waals surface area contributed by atoms with Crippen molar-refractivity contribution in [2.24, 2.45) is 5.73 Å². The van der Waals surface area contributed by atoms with Crippen molar-refractivity contribution >= 4 is 34.1 Å². The van der Waals surface area contributed by atoms with Gasteiger partial charge in [-0.2, -0.15) is 0 Å². The molecule has 27 heavy (non-hydrogen) atoms. The number of hydrogen-bond acceptors (Lipinski definition) is 6. The molecule has 0 saturated carbocycles. The van der Waals surface area contributed by atoms with Crippen LogP contribution in [0.25, 0.3) is 0 Å². The Kier molecular flexibility index (Phi) is 5.62. The molecule has 1 fully saturated rings. The number of rotatable bonds is 5. The van der Waals surface area contributed by atoms with E-state index in [2.05, 4.69) is 5.32 Å². The van der Waals surface area contributed by atoms with Crippen LogP contribution in [0.15, 0.2) is 22.8 Å². The summed E-state index contributed by atoms with van der Waals surface area (Å²) in [7, 11) is 0. The average Bonchev–Trinajstić information content (AvgIpc) is 3.24. The first-order chi connectivity index (χ1) is 12.9. The molecule has 2 aromatic rings. The zero-order chi connectivity index (χ0) is 19.6. The summed E-state index contributed by atoms with van der Waals surface area (Å²) < 4.78 is 5.14. The van der Waals surface area contributed by atoms with Crippen molar-refractivity contribution in [2.75, 3.05) is 38.0 Å². The largest absolute Gasteiger partial charge is 0.459 e. The van der Waals surface area contributed by atoms with Gasteiger partial charge in [0.2, 0.25) is 5.91 Å². The van der Waals surface area contributed by atoms with Gasteiger partial charge in [-0.25, -0.2) is 0 Å². The van der Waals surface area contributed by atoms with Crippen molar-refractivity contribution in [2.45, 2.75) is 13.8 Å². The lowest BCUT2D eigenvalue weighted by Gasteiger charge is -2.33. The molecular formula is C18H22N4O4S. The number of piperazine rings is 1. The second kappa shape index (κ2) is 7.93. The Morgan fingerprint density at radius 3 is 2.52 bits per heavy atom. The summed E-state index contributed by atoms with van der Waals surface area (Å²) in [5.74, 6) is -0.565. The highest BCUT2D eigenvalue weighted by atomic mass is 32.1. The zero-order valence-corrected chi connectivity index (χ0v) is 16.1. The smallest absolute Gasteiger partial charge is 0.289 e. The Bertz CT molecular complexity index is 851. The van der Waals surface area contributed by atoms with Gasteiger partial charge in [-0.05, 0) is 31.5 Å². The van der Waals surface area contributed by atoms with Gasteiger partial charge in [-0.1, -0.05) is 0 Å². The van der Waals surface area contributed by atoms with E-state index in [1.165, 1.54) is 17.6 Å². The minimum Gasteiger partial charge on any atom is -0.459 e. The van der Waals surface area contributed by atoms with Crippen molar-refractivity contribution in [3.63, 3.8) is 0 Å². The van der Waals surface area contributed by atoms with E-state index in [-0.39, 0.29) is 18.4 Å². The molecule has 3 rings (SSSR count). The topological polar surface area (TPSA) is 109 Å². The lowest BCUT2D eigenvalue weighted by Crippen LogP contribution is -2.50. The van der Waals surface area contributed by atoms with Gasteiger partial charge < -0.3 is 20.4 Å². The van der Waals surface area contributed by atoms with Crippen LogP contribution in [-0.2, 0) is 4.79 Å². The van der Waals surface area contributed by atoms with Gasteiger partial charge in [0.1, 0.15) is 5.00 Å². The number of amides is 3. The molecule has 3 heterocycles. The van der Waals surface area contributed by atoms with Gasteiger partial charge in [0.25, 0.3) is 11.8 Å². The number of furan rings is 1. The maximum absolute atomic E-state index is 12.4. The van der Waals surface area contributed by atoms with Gasteiger partial charge in [0, 0.05) is 31.1 Å². The summed E-state index contributed by atoms with van der Waals surface area (Å²) in [4.78, 5) is 40.9. The molecule has 3 N–H and O–H groups in total. The van der Waals surface area contributed by atoms with Crippen molar-refractivity contribution < 1.29 is 18.8 Å². The van der Waals surface area contributed by atoms with Crippen LogP contribution < -0.4 is 11.1 Å². The maximum atomic E-state index is 12.4. The molecule has 0 aliphatic carbocycles. The summed E-state index contributed by atoms with van der Waals surface area (Å²) in [5, 5.41) is 3.29. The number of thiophene rings is 1. The fourth-order valence-electron chi connectivity index (χ4n) is 3.05. The highest BCUT2D eigenvalue weighted by molar-refractivity contribution is 7.16. The summed E-state index contributed by atoms with van der Waals surface area (Å²) in [6.45, 7) is 6.12. The SMILES string of the molecule is Cc1sc(NC(=O)CN2CCN(C(=O)c3ccco3)CC2)c(C(N)=O)c1C. The molecule has 0 atom stereocenters. The molecule has 3 amide bonds. The molecule has 1 saturated heterocycles. The van der Waals surface area contributed by atoms with Gasteiger partial charge >= 0.3 is 0 Å². The number of aryl methyl sites for hydroxylation is 1. The Labute approximate surface area is 160 Å². The van der Waals surface area contributed by atoms with Crippen LogP contribution in [0.5, 0.6) is 0 Å². The molecule has 2 aromatic heterocycles. The number of nitrogens with one attached hydrogen (secondary N) is 1. The van der Waals surface area contributed by atoms with E-state index < -0.39 is 5.91 Å². The summed E-state index contributed by atoms with van der Waals surface area (Å²) >= 11 is 1.35. The number of carbonyl (C=O) groups is 3. The summed E-state index contributed by atoms with van der Waals surface area (Å²) in [6, 6.07) is 3.33. The van der Waals surface area contributed by atoms with Crippen LogP contribution >= 0.6 is 11.3 Å². The lowest BCUT2D eigenvalue weighted by molar-refractivity contribution is -0.117.